The molecular weight excluding hydrogens is 210 g/mol. The third-order valence-electron chi connectivity index (χ3n) is 3.27. The highest BCUT2D eigenvalue weighted by Crippen LogP contribution is 2.27. The first-order chi connectivity index (χ1) is 8.28. The smallest absolute Gasteiger partial charge is 0.120 e. The average Bonchev–Trinajstić information content (AvgIpc) is 3.13. The molecule has 0 amide bonds. The van der Waals surface area contributed by atoms with Gasteiger partial charge in [-0.05, 0) is 56.3 Å². The normalized spacial score (nSPS) is 16.8. The second-order valence-corrected chi connectivity index (χ2v) is 5.06. The summed E-state index contributed by atoms with van der Waals surface area (Å²) in [6.45, 7) is 6.37. The van der Waals surface area contributed by atoms with E-state index in [-0.39, 0.29) is 0 Å². The van der Waals surface area contributed by atoms with E-state index in [1.165, 1.54) is 18.4 Å². The molecule has 0 saturated heterocycles. The van der Waals surface area contributed by atoms with Gasteiger partial charge in [0.1, 0.15) is 5.75 Å². The number of hydrogen-bond donors (Lipinski definition) is 1. The van der Waals surface area contributed by atoms with Gasteiger partial charge in [-0.25, -0.2) is 0 Å². The largest absolute Gasteiger partial charge is 0.491 e. The van der Waals surface area contributed by atoms with Gasteiger partial charge < -0.3 is 10.1 Å². The summed E-state index contributed by atoms with van der Waals surface area (Å²) < 4.78 is 5.82. The fourth-order valence-corrected chi connectivity index (χ4v) is 1.79. The average molecular weight is 233 g/mol. The van der Waals surface area contributed by atoms with Crippen LogP contribution in [0.15, 0.2) is 24.3 Å². The summed E-state index contributed by atoms with van der Waals surface area (Å²) in [6.07, 6.45) is 4.16. The van der Waals surface area contributed by atoms with Crippen LogP contribution in [0.5, 0.6) is 5.75 Å². The molecule has 2 heteroatoms. The zero-order valence-corrected chi connectivity index (χ0v) is 10.9. The first kappa shape index (κ1) is 12.4. The standard InChI is InChI=1S/C15H23NO/c1-3-12(2)17-15-6-4-5-14(9-15)11-16-10-13-7-8-13/h4-6,9,12-13,16H,3,7-8,10-11H2,1-2H3. The lowest BCUT2D eigenvalue weighted by Crippen LogP contribution is -2.16. The Balaban J connectivity index is 1.81. The van der Waals surface area contributed by atoms with Crippen LogP contribution in [0.2, 0.25) is 0 Å². The maximum absolute atomic E-state index is 5.82. The Bertz CT molecular complexity index is 347. The molecule has 0 bridgehead atoms. The Labute approximate surface area is 104 Å². The highest BCUT2D eigenvalue weighted by atomic mass is 16.5. The highest BCUT2D eigenvalue weighted by Gasteiger charge is 2.20. The fraction of sp³-hybridized carbons (Fsp3) is 0.600. The van der Waals surface area contributed by atoms with E-state index in [9.17, 15) is 0 Å². The van der Waals surface area contributed by atoms with E-state index >= 15 is 0 Å². The van der Waals surface area contributed by atoms with Crippen LogP contribution < -0.4 is 10.1 Å². The zero-order chi connectivity index (χ0) is 12.1. The Morgan fingerprint density at radius 1 is 1.41 bits per heavy atom. The van der Waals surface area contributed by atoms with Gasteiger partial charge in [-0.15, -0.1) is 0 Å². The van der Waals surface area contributed by atoms with Crippen LogP contribution in [-0.4, -0.2) is 12.6 Å². The summed E-state index contributed by atoms with van der Waals surface area (Å²) in [4.78, 5) is 0. The third-order valence-corrected chi connectivity index (χ3v) is 3.27. The molecule has 2 rings (SSSR count). The van der Waals surface area contributed by atoms with E-state index in [2.05, 4.69) is 37.4 Å². The SMILES string of the molecule is CCC(C)Oc1cccc(CNCC2CC2)c1. The Morgan fingerprint density at radius 3 is 2.94 bits per heavy atom. The molecule has 1 unspecified atom stereocenters. The summed E-state index contributed by atoms with van der Waals surface area (Å²) in [6, 6.07) is 8.41. The number of nitrogens with one attached hydrogen (secondary N) is 1. The molecule has 1 aliphatic rings. The fourth-order valence-electron chi connectivity index (χ4n) is 1.79. The predicted molar refractivity (Wildman–Crippen MR) is 71.3 cm³/mol. The minimum Gasteiger partial charge on any atom is -0.491 e. The zero-order valence-electron chi connectivity index (χ0n) is 10.9. The molecule has 1 fully saturated rings. The third kappa shape index (κ3) is 4.39. The summed E-state index contributed by atoms with van der Waals surface area (Å²) in [5, 5.41) is 3.50. The summed E-state index contributed by atoms with van der Waals surface area (Å²) in [7, 11) is 0. The van der Waals surface area contributed by atoms with Crippen LogP contribution in [0, 0.1) is 5.92 Å². The van der Waals surface area contributed by atoms with Gasteiger partial charge in [-0.1, -0.05) is 19.1 Å². The highest BCUT2D eigenvalue weighted by molar-refractivity contribution is 5.28. The maximum atomic E-state index is 5.82. The van der Waals surface area contributed by atoms with Crippen molar-refractivity contribution < 1.29 is 4.74 Å². The molecular formula is C15H23NO. The quantitative estimate of drug-likeness (QED) is 0.779. The van der Waals surface area contributed by atoms with Crippen molar-refractivity contribution in [2.24, 2.45) is 5.92 Å². The van der Waals surface area contributed by atoms with E-state index in [1.807, 2.05) is 6.07 Å². The van der Waals surface area contributed by atoms with E-state index in [0.29, 0.717) is 6.10 Å². The molecule has 1 aromatic rings. The topological polar surface area (TPSA) is 21.3 Å². The van der Waals surface area contributed by atoms with Gasteiger partial charge in [-0.3, -0.25) is 0 Å². The summed E-state index contributed by atoms with van der Waals surface area (Å²) >= 11 is 0. The Morgan fingerprint density at radius 2 is 2.24 bits per heavy atom. The van der Waals surface area contributed by atoms with Gasteiger partial charge in [0.05, 0.1) is 6.10 Å². The Hall–Kier alpha value is -1.02. The minimum atomic E-state index is 0.296. The molecule has 1 aromatic carbocycles. The lowest BCUT2D eigenvalue weighted by molar-refractivity contribution is 0.217. The molecule has 2 nitrogen and oxygen atoms in total. The van der Waals surface area contributed by atoms with Crippen LogP contribution >= 0.6 is 0 Å². The van der Waals surface area contributed by atoms with E-state index in [1.54, 1.807) is 0 Å². The van der Waals surface area contributed by atoms with Crippen molar-refractivity contribution in [2.75, 3.05) is 6.54 Å². The van der Waals surface area contributed by atoms with Gasteiger partial charge in [0, 0.05) is 6.54 Å². The molecule has 0 spiro atoms. The van der Waals surface area contributed by atoms with Crippen LogP contribution in [0.3, 0.4) is 0 Å². The Kier molecular flexibility index (Phi) is 4.43. The lowest BCUT2D eigenvalue weighted by Gasteiger charge is -2.13. The van der Waals surface area contributed by atoms with Crippen molar-refractivity contribution in [3.05, 3.63) is 29.8 Å². The van der Waals surface area contributed by atoms with Gasteiger partial charge in [-0.2, -0.15) is 0 Å². The van der Waals surface area contributed by atoms with Crippen molar-refractivity contribution in [1.29, 1.82) is 0 Å². The molecule has 1 N–H and O–H groups in total. The predicted octanol–water partition coefficient (Wildman–Crippen LogP) is 3.36. The maximum Gasteiger partial charge on any atom is 0.120 e. The van der Waals surface area contributed by atoms with Gasteiger partial charge in [0.2, 0.25) is 0 Å². The minimum absolute atomic E-state index is 0.296. The molecule has 0 radical (unpaired) electrons. The molecule has 1 atom stereocenters. The van der Waals surface area contributed by atoms with Crippen LogP contribution in [0.25, 0.3) is 0 Å². The monoisotopic (exact) mass is 233 g/mol. The molecule has 0 heterocycles. The van der Waals surface area contributed by atoms with Crippen LogP contribution in [0.4, 0.5) is 0 Å². The molecule has 17 heavy (non-hydrogen) atoms. The number of ether oxygens (including phenoxy) is 1. The van der Waals surface area contributed by atoms with Crippen LogP contribution in [0.1, 0.15) is 38.7 Å². The van der Waals surface area contributed by atoms with Crippen molar-refractivity contribution in [3.63, 3.8) is 0 Å². The van der Waals surface area contributed by atoms with Crippen molar-refractivity contribution in [3.8, 4) is 5.75 Å². The molecule has 0 aromatic heterocycles. The van der Waals surface area contributed by atoms with Crippen LogP contribution in [-0.2, 0) is 6.54 Å². The van der Waals surface area contributed by atoms with E-state index < -0.39 is 0 Å². The number of rotatable bonds is 7. The second-order valence-electron chi connectivity index (χ2n) is 5.06. The van der Waals surface area contributed by atoms with Gasteiger partial charge in [0.15, 0.2) is 0 Å². The first-order valence-electron chi connectivity index (χ1n) is 6.74. The second kappa shape index (κ2) is 6.06. The molecule has 0 aliphatic heterocycles. The van der Waals surface area contributed by atoms with Crippen molar-refractivity contribution >= 4 is 0 Å². The number of hydrogen-bond acceptors (Lipinski definition) is 2. The molecule has 94 valence electrons. The van der Waals surface area contributed by atoms with Crippen molar-refractivity contribution in [2.45, 2.75) is 45.8 Å². The molecule has 1 saturated carbocycles. The lowest BCUT2D eigenvalue weighted by atomic mass is 10.2. The molecule has 1 aliphatic carbocycles. The van der Waals surface area contributed by atoms with E-state index in [4.69, 9.17) is 4.74 Å². The van der Waals surface area contributed by atoms with Crippen molar-refractivity contribution in [1.82, 2.24) is 5.32 Å². The van der Waals surface area contributed by atoms with Gasteiger partial charge >= 0.3 is 0 Å². The van der Waals surface area contributed by atoms with Gasteiger partial charge in [0.25, 0.3) is 0 Å². The van der Waals surface area contributed by atoms with E-state index in [0.717, 1.165) is 31.2 Å². The summed E-state index contributed by atoms with van der Waals surface area (Å²) in [5.74, 6) is 1.93. The summed E-state index contributed by atoms with van der Waals surface area (Å²) in [5.41, 5.74) is 1.31. The number of benzene rings is 1. The first-order valence-corrected chi connectivity index (χ1v) is 6.74.